The van der Waals surface area contributed by atoms with Crippen molar-refractivity contribution in [1.82, 2.24) is 19.5 Å². The lowest BCUT2D eigenvalue weighted by atomic mass is 10.1. The maximum atomic E-state index is 10.7. The highest BCUT2D eigenvalue weighted by atomic mass is 31.2. The Hall–Kier alpha value is -2.76. The number of phosphoric acid groups is 1. The zero-order valence-corrected chi connectivity index (χ0v) is 17.0. The summed E-state index contributed by atoms with van der Waals surface area (Å²) in [6.45, 7) is -0.594. The molecule has 3 rings (SSSR count). The van der Waals surface area contributed by atoms with Gasteiger partial charge in [-0.1, -0.05) is 0 Å². The van der Waals surface area contributed by atoms with Gasteiger partial charge in [0.25, 0.3) is 0 Å². The van der Waals surface area contributed by atoms with Crippen molar-refractivity contribution in [3.63, 3.8) is 0 Å². The van der Waals surface area contributed by atoms with E-state index in [4.69, 9.17) is 36.2 Å². The van der Waals surface area contributed by atoms with E-state index >= 15 is 0 Å². The molecule has 5 atom stereocenters. The van der Waals surface area contributed by atoms with E-state index < -0.39 is 63.4 Å². The van der Waals surface area contributed by atoms with Crippen molar-refractivity contribution in [2.24, 2.45) is 5.73 Å². The fourth-order valence-corrected chi connectivity index (χ4v) is 2.94. The van der Waals surface area contributed by atoms with Crippen LogP contribution in [-0.4, -0.2) is 92.6 Å². The van der Waals surface area contributed by atoms with E-state index in [1.807, 2.05) is 0 Å². The van der Waals surface area contributed by atoms with E-state index in [0.717, 1.165) is 0 Å². The number of nitrogens with two attached hydrogens (primary N) is 2. The van der Waals surface area contributed by atoms with Gasteiger partial charge < -0.3 is 46.4 Å². The quantitative estimate of drug-likeness (QED) is 0.183. The summed E-state index contributed by atoms with van der Waals surface area (Å²) in [6, 6.07) is -1.29. The fourth-order valence-electron chi connectivity index (χ4n) is 2.60. The van der Waals surface area contributed by atoms with Crippen molar-refractivity contribution >= 4 is 36.7 Å². The van der Waals surface area contributed by atoms with E-state index in [1.165, 1.54) is 17.2 Å². The monoisotopic (exact) mass is 480 g/mol. The van der Waals surface area contributed by atoms with Crippen LogP contribution in [0.25, 0.3) is 11.2 Å². The van der Waals surface area contributed by atoms with Crippen LogP contribution >= 0.6 is 7.82 Å². The minimum atomic E-state index is -4.72. The molecule has 0 amide bonds. The van der Waals surface area contributed by atoms with Crippen LogP contribution in [-0.2, 0) is 23.4 Å². The van der Waals surface area contributed by atoms with Gasteiger partial charge in [-0.05, 0) is 0 Å². The molecule has 32 heavy (non-hydrogen) atoms. The van der Waals surface area contributed by atoms with E-state index in [9.17, 15) is 24.4 Å². The number of anilines is 1. The Balaban J connectivity index is 0.000000344. The number of imidazole rings is 1. The average Bonchev–Trinajstić information content (AvgIpc) is 3.22. The number of hydrogen-bond acceptors (Lipinski definition) is 12. The Morgan fingerprint density at radius 1 is 1.22 bits per heavy atom. The molecule has 10 N–H and O–H groups in total. The first-order valence-electron chi connectivity index (χ1n) is 8.66. The van der Waals surface area contributed by atoms with E-state index in [2.05, 4.69) is 19.5 Å². The molecule has 3 heterocycles. The smallest absolute Gasteiger partial charge is 0.469 e. The van der Waals surface area contributed by atoms with Crippen LogP contribution in [0.1, 0.15) is 12.6 Å². The van der Waals surface area contributed by atoms with Crippen molar-refractivity contribution in [1.29, 1.82) is 0 Å². The molecule has 1 aliphatic heterocycles. The summed E-state index contributed by atoms with van der Waals surface area (Å²) in [4.78, 5) is 48.8. The molecule has 1 fully saturated rings. The maximum absolute atomic E-state index is 10.7. The second kappa shape index (κ2) is 10.2. The summed E-state index contributed by atoms with van der Waals surface area (Å²) in [5, 5.41) is 36.1. The predicted molar refractivity (Wildman–Crippen MR) is 102 cm³/mol. The van der Waals surface area contributed by atoms with Gasteiger partial charge in [-0.3, -0.25) is 18.7 Å². The lowest BCUT2D eigenvalue weighted by Gasteiger charge is -2.16. The fraction of sp³-hybridized carbons (Fsp3) is 0.500. The Morgan fingerprint density at radius 3 is 2.41 bits per heavy atom. The van der Waals surface area contributed by atoms with Crippen molar-refractivity contribution in [3.8, 4) is 0 Å². The van der Waals surface area contributed by atoms with Crippen LogP contribution in [0.3, 0.4) is 0 Å². The van der Waals surface area contributed by atoms with E-state index in [1.54, 1.807) is 0 Å². The van der Waals surface area contributed by atoms with Crippen molar-refractivity contribution < 1.29 is 53.6 Å². The second-order valence-corrected chi connectivity index (χ2v) is 7.70. The number of rotatable bonds is 7. The second-order valence-electron chi connectivity index (χ2n) is 6.46. The van der Waals surface area contributed by atoms with Gasteiger partial charge >= 0.3 is 19.8 Å². The number of aromatic nitrogens is 4. The first kappa shape index (κ1) is 25.5. The lowest BCUT2D eigenvalue weighted by Crippen LogP contribution is -2.33. The number of phosphoric ester groups is 1. The van der Waals surface area contributed by atoms with Crippen LogP contribution < -0.4 is 11.5 Å². The number of hydrogen-bond donors (Lipinski definition) is 8. The number of nitrogen functional groups attached to an aromatic ring is 1. The third-order valence-corrected chi connectivity index (χ3v) is 4.60. The molecule has 0 bridgehead atoms. The van der Waals surface area contributed by atoms with Gasteiger partial charge in [-0.2, -0.15) is 0 Å². The highest BCUT2D eigenvalue weighted by Crippen LogP contribution is 2.38. The Bertz CT molecular complexity index is 1010. The van der Waals surface area contributed by atoms with Crippen molar-refractivity contribution in [2.45, 2.75) is 37.0 Å². The molecule has 2 aromatic rings. The first-order chi connectivity index (χ1) is 14.8. The van der Waals surface area contributed by atoms with E-state index in [-0.39, 0.29) is 11.5 Å². The predicted octanol–water partition coefficient (Wildman–Crippen LogP) is -2.99. The summed E-state index contributed by atoms with van der Waals surface area (Å²) >= 11 is 0. The Kier molecular flexibility index (Phi) is 8.16. The van der Waals surface area contributed by atoms with E-state index in [0.29, 0.717) is 5.52 Å². The largest absolute Gasteiger partial charge is 0.481 e. The molecular formula is C14H21N6O11P. The lowest BCUT2D eigenvalue weighted by molar-refractivity contribution is -0.144. The number of ether oxygens (including phenoxy) is 1. The average molecular weight is 480 g/mol. The molecule has 0 saturated carbocycles. The summed E-state index contributed by atoms with van der Waals surface area (Å²) in [5.74, 6) is -2.36. The number of carbonyl (C=O) groups is 2. The summed E-state index contributed by atoms with van der Waals surface area (Å²) in [6.07, 6.45) is -3.02. The first-order valence-corrected chi connectivity index (χ1v) is 10.2. The van der Waals surface area contributed by atoms with Crippen molar-refractivity contribution in [3.05, 3.63) is 12.7 Å². The molecule has 178 valence electrons. The molecular weight excluding hydrogens is 459 g/mol. The molecule has 0 aliphatic carbocycles. The third-order valence-electron chi connectivity index (χ3n) is 4.12. The van der Waals surface area contributed by atoms with Gasteiger partial charge in [-0.15, -0.1) is 0 Å². The number of aliphatic hydroxyl groups excluding tert-OH is 2. The molecule has 18 heteroatoms. The summed E-state index contributed by atoms with van der Waals surface area (Å²) in [5.41, 5.74) is 11.1. The zero-order chi connectivity index (χ0) is 24.2. The van der Waals surface area contributed by atoms with Crippen molar-refractivity contribution in [2.75, 3.05) is 12.3 Å². The SMILES string of the molecule is NC(CC(=O)O)C(=O)O.Nc1ncnc2c1ncn2[C@@H]1O[C@H](COP(=O)(O)O)[C@@H](O)[C@H]1O. The zero-order valence-electron chi connectivity index (χ0n) is 16.1. The van der Waals surface area contributed by atoms with Gasteiger partial charge in [0, 0.05) is 0 Å². The number of fused-ring (bicyclic) bond motifs is 1. The number of nitrogens with zero attached hydrogens (tertiary/aromatic N) is 4. The summed E-state index contributed by atoms with van der Waals surface area (Å²) < 4.78 is 21.8. The van der Waals surface area contributed by atoms with Gasteiger partial charge in [0.2, 0.25) is 0 Å². The van der Waals surface area contributed by atoms with Crippen LogP contribution in [0.5, 0.6) is 0 Å². The van der Waals surface area contributed by atoms with Crippen LogP contribution in [0, 0.1) is 0 Å². The van der Waals surface area contributed by atoms with Gasteiger partial charge in [0.05, 0.1) is 19.4 Å². The normalized spacial score (nSPS) is 24.0. The number of aliphatic carboxylic acids is 2. The number of aliphatic hydroxyl groups is 2. The van der Waals surface area contributed by atoms with Gasteiger partial charge in [0.1, 0.15) is 36.2 Å². The molecule has 0 radical (unpaired) electrons. The molecule has 1 saturated heterocycles. The topological polar surface area (TPSA) is 287 Å². The van der Waals surface area contributed by atoms with Crippen LogP contribution in [0.4, 0.5) is 5.82 Å². The highest BCUT2D eigenvalue weighted by Gasteiger charge is 2.45. The minimum absolute atomic E-state index is 0.142. The molecule has 1 unspecified atom stereocenters. The molecule has 2 aromatic heterocycles. The van der Waals surface area contributed by atoms with Gasteiger partial charge in [-0.25, -0.2) is 19.5 Å². The van der Waals surface area contributed by atoms with Crippen LogP contribution in [0.2, 0.25) is 0 Å². The summed E-state index contributed by atoms with van der Waals surface area (Å²) in [7, 11) is -4.72. The molecule has 0 aromatic carbocycles. The van der Waals surface area contributed by atoms with Gasteiger partial charge in [0.15, 0.2) is 17.7 Å². The number of carboxylic acids is 2. The molecule has 17 nitrogen and oxygen atoms in total. The molecule has 1 aliphatic rings. The Labute approximate surface area is 178 Å². The highest BCUT2D eigenvalue weighted by molar-refractivity contribution is 7.46. The minimum Gasteiger partial charge on any atom is -0.481 e. The Morgan fingerprint density at radius 2 is 1.88 bits per heavy atom. The standard InChI is InChI=1S/C10H14N5O7P.C4H7NO4/c11-8-5-9(13-2-12-8)15(3-14-5)10-7(17)6(16)4(22-10)1-21-23(18,19)20;5-2(4(8)9)1-3(6)7/h2-4,6-7,10,16-17H,1H2,(H2,11,12,13)(H2,18,19,20);2H,1,5H2,(H,6,7)(H,8,9)/t4-,6-,7-,10-;/m1./s1. The molecule has 0 spiro atoms. The van der Waals surface area contributed by atoms with Crippen LogP contribution in [0.15, 0.2) is 12.7 Å². The maximum Gasteiger partial charge on any atom is 0.469 e. The third kappa shape index (κ3) is 6.38. The number of carboxylic acid groups (broad SMARTS) is 2.